The van der Waals surface area contributed by atoms with Crippen LogP contribution < -0.4 is 5.32 Å². The maximum absolute atomic E-state index is 12.3. The molecule has 7 nitrogen and oxygen atoms in total. The molecule has 0 amide bonds. The highest BCUT2D eigenvalue weighted by Gasteiger charge is 2.60. The maximum atomic E-state index is 12.3. The zero-order valence-corrected chi connectivity index (χ0v) is 18.7. The van der Waals surface area contributed by atoms with Crippen molar-refractivity contribution in [2.24, 2.45) is 22.7 Å². The van der Waals surface area contributed by atoms with Crippen molar-refractivity contribution < 1.29 is 28.5 Å². The molecule has 31 heavy (non-hydrogen) atoms. The van der Waals surface area contributed by atoms with Gasteiger partial charge in [0.15, 0.2) is 0 Å². The number of allylic oxidation sites excluding steroid dienone is 2. The third-order valence-electron chi connectivity index (χ3n) is 7.88. The zero-order chi connectivity index (χ0) is 22.2. The van der Waals surface area contributed by atoms with Gasteiger partial charge < -0.3 is 24.3 Å². The van der Waals surface area contributed by atoms with Crippen LogP contribution in [0.1, 0.15) is 39.5 Å². The van der Waals surface area contributed by atoms with Crippen molar-refractivity contribution in [2.45, 2.75) is 45.6 Å². The lowest BCUT2D eigenvalue weighted by Crippen LogP contribution is -2.60. The van der Waals surface area contributed by atoms with Crippen LogP contribution >= 0.6 is 0 Å². The summed E-state index contributed by atoms with van der Waals surface area (Å²) in [7, 11) is 1.65. The minimum Gasteiger partial charge on any atom is -0.458 e. The Morgan fingerprint density at radius 3 is 2.81 bits per heavy atom. The van der Waals surface area contributed by atoms with Gasteiger partial charge in [-0.2, -0.15) is 0 Å². The van der Waals surface area contributed by atoms with Crippen LogP contribution in [-0.2, 0) is 23.7 Å². The van der Waals surface area contributed by atoms with Crippen LogP contribution in [0.15, 0.2) is 35.6 Å². The number of carbonyl (C=O) groups is 2. The first-order valence-electron chi connectivity index (χ1n) is 11.1. The Bertz CT molecular complexity index is 832. The summed E-state index contributed by atoms with van der Waals surface area (Å²) >= 11 is 0. The predicted octanol–water partition coefficient (Wildman–Crippen LogP) is 3.51. The van der Waals surface area contributed by atoms with Gasteiger partial charge in [-0.15, -0.1) is 0 Å². The first-order valence-corrected chi connectivity index (χ1v) is 11.1. The molecule has 2 aliphatic heterocycles. The smallest absolute Gasteiger partial charge is 0.458 e. The second-order valence-electron chi connectivity index (χ2n) is 9.64. The highest BCUT2D eigenvalue weighted by Crippen LogP contribution is 2.62. The normalized spacial score (nSPS) is 37.8. The number of fused-ring (bicyclic) bond motifs is 3. The van der Waals surface area contributed by atoms with E-state index < -0.39 is 6.16 Å². The molecule has 4 aliphatic rings. The number of hydrogen-bond acceptors (Lipinski definition) is 7. The van der Waals surface area contributed by atoms with Gasteiger partial charge in [0, 0.05) is 30.7 Å². The van der Waals surface area contributed by atoms with E-state index in [9.17, 15) is 9.59 Å². The molecule has 3 fully saturated rings. The van der Waals surface area contributed by atoms with Crippen LogP contribution in [0.3, 0.4) is 0 Å². The number of hydrogen-bond donors (Lipinski definition) is 1. The Balaban J connectivity index is 1.68. The maximum Gasteiger partial charge on any atom is 0.508 e. The lowest BCUT2D eigenvalue weighted by atomic mass is 9.46. The second kappa shape index (κ2) is 8.34. The van der Waals surface area contributed by atoms with Gasteiger partial charge in [0.1, 0.15) is 19.3 Å². The van der Waals surface area contributed by atoms with Crippen LogP contribution in [-0.4, -0.2) is 51.7 Å². The lowest BCUT2D eigenvalue weighted by molar-refractivity contribution is -0.188. The average Bonchev–Trinajstić information content (AvgIpc) is 3.16. The number of methoxy groups -OCH3 is 1. The van der Waals surface area contributed by atoms with Gasteiger partial charge in [0.05, 0.1) is 12.2 Å². The molecule has 2 heterocycles. The van der Waals surface area contributed by atoms with Crippen molar-refractivity contribution in [1.82, 2.24) is 5.32 Å². The molecule has 2 aliphatic carbocycles. The molecule has 4 rings (SSSR count). The Kier molecular flexibility index (Phi) is 5.90. The van der Waals surface area contributed by atoms with Crippen LogP contribution in [0, 0.1) is 22.7 Å². The van der Waals surface area contributed by atoms with Gasteiger partial charge >= 0.3 is 12.1 Å². The van der Waals surface area contributed by atoms with Gasteiger partial charge in [-0.3, -0.25) is 0 Å². The fourth-order valence-electron chi connectivity index (χ4n) is 6.25. The largest absolute Gasteiger partial charge is 0.508 e. The predicted molar refractivity (Wildman–Crippen MR) is 114 cm³/mol. The van der Waals surface area contributed by atoms with E-state index in [1.54, 1.807) is 7.11 Å². The van der Waals surface area contributed by atoms with E-state index in [1.165, 1.54) is 5.57 Å². The minimum atomic E-state index is -0.556. The molecule has 1 N–H and O–H groups in total. The van der Waals surface area contributed by atoms with Crippen LogP contribution in [0.25, 0.3) is 0 Å². The van der Waals surface area contributed by atoms with E-state index >= 15 is 0 Å². The summed E-state index contributed by atoms with van der Waals surface area (Å²) in [5, 5.41) is 3.38. The SMILES string of the molecule is C=C1CCC2[C@]3(C)COC(=O)OC3CC[C@]2(C)C1/C=C(\NCCOC)C1=CCOC1=O. The number of esters is 1. The standard InChI is InChI=1S/C24H33NO6/c1-15-5-6-19-23(2,9-7-20-24(19,3)14-30-22(27)31-20)17(15)13-18(25-10-12-28-4)16-8-11-29-21(16)26/h8,13,17,19-20,25H,1,5-7,9-12,14H2,2-4H3/b18-13-/t17?,19?,20?,23-,24+/m1/s1. The second-order valence-corrected chi connectivity index (χ2v) is 9.64. The van der Waals surface area contributed by atoms with Crippen molar-refractivity contribution in [3.8, 4) is 0 Å². The van der Waals surface area contributed by atoms with Crippen molar-refractivity contribution >= 4 is 12.1 Å². The van der Waals surface area contributed by atoms with E-state index in [0.717, 1.165) is 31.4 Å². The molecule has 5 atom stereocenters. The summed E-state index contributed by atoms with van der Waals surface area (Å²) in [5.41, 5.74) is 2.22. The quantitative estimate of drug-likeness (QED) is 0.391. The van der Waals surface area contributed by atoms with E-state index in [2.05, 4.69) is 31.8 Å². The van der Waals surface area contributed by atoms with Crippen molar-refractivity contribution in [2.75, 3.05) is 33.5 Å². The lowest BCUT2D eigenvalue weighted by Gasteiger charge is -2.60. The van der Waals surface area contributed by atoms with Gasteiger partial charge in [0.2, 0.25) is 0 Å². The Morgan fingerprint density at radius 1 is 1.29 bits per heavy atom. The number of cyclic esters (lactones) is 2. The van der Waals surface area contributed by atoms with Gasteiger partial charge in [-0.05, 0) is 43.1 Å². The molecular formula is C24H33NO6. The molecule has 7 heteroatoms. The molecule has 0 bridgehead atoms. The third kappa shape index (κ3) is 3.77. The fourth-order valence-corrected chi connectivity index (χ4v) is 6.25. The summed E-state index contributed by atoms with van der Waals surface area (Å²) in [6.45, 7) is 10.7. The van der Waals surface area contributed by atoms with Crippen molar-refractivity contribution in [1.29, 1.82) is 0 Å². The van der Waals surface area contributed by atoms with Crippen LogP contribution in [0.2, 0.25) is 0 Å². The molecule has 1 saturated heterocycles. The number of rotatable bonds is 6. The van der Waals surface area contributed by atoms with E-state index in [1.807, 2.05) is 6.08 Å². The number of nitrogens with one attached hydrogen (secondary N) is 1. The minimum absolute atomic E-state index is 0.0784. The van der Waals surface area contributed by atoms with Crippen molar-refractivity contribution in [3.63, 3.8) is 0 Å². The summed E-state index contributed by atoms with van der Waals surface area (Å²) in [6.07, 6.45) is 6.92. The summed E-state index contributed by atoms with van der Waals surface area (Å²) in [4.78, 5) is 24.0. The Labute approximate surface area is 183 Å². The third-order valence-corrected chi connectivity index (χ3v) is 7.88. The van der Waals surface area contributed by atoms with E-state index in [0.29, 0.717) is 37.9 Å². The number of carbonyl (C=O) groups excluding carboxylic acids is 2. The van der Waals surface area contributed by atoms with Gasteiger partial charge in [0.25, 0.3) is 0 Å². The average molecular weight is 432 g/mol. The van der Waals surface area contributed by atoms with Crippen LogP contribution in [0.5, 0.6) is 0 Å². The molecule has 0 spiro atoms. The summed E-state index contributed by atoms with van der Waals surface area (Å²) < 4.78 is 21.3. The monoisotopic (exact) mass is 431 g/mol. The summed E-state index contributed by atoms with van der Waals surface area (Å²) in [5.74, 6) is 0.0897. The highest BCUT2D eigenvalue weighted by atomic mass is 16.7. The fraction of sp³-hybridized carbons (Fsp3) is 0.667. The first kappa shape index (κ1) is 21.9. The summed E-state index contributed by atoms with van der Waals surface area (Å²) in [6, 6.07) is 0. The van der Waals surface area contributed by atoms with Crippen molar-refractivity contribution in [3.05, 3.63) is 35.6 Å². The van der Waals surface area contributed by atoms with Gasteiger partial charge in [-0.25, -0.2) is 9.59 Å². The first-order chi connectivity index (χ1) is 14.8. The highest BCUT2D eigenvalue weighted by molar-refractivity contribution is 5.95. The molecule has 3 unspecified atom stereocenters. The molecule has 170 valence electrons. The van der Waals surface area contributed by atoms with Gasteiger partial charge in [-0.1, -0.05) is 32.1 Å². The number of ether oxygens (including phenoxy) is 4. The molecule has 0 radical (unpaired) electrons. The van der Waals surface area contributed by atoms with E-state index in [-0.39, 0.29) is 28.8 Å². The Morgan fingerprint density at radius 2 is 2.10 bits per heavy atom. The molecule has 0 aromatic carbocycles. The molecule has 0 aromatic rings. The Hall–Kier alpha value is -2.28. The molecule has 2 saturated carbocycles. The van der Waals surface area contributed by atoms with E-state index in [4.69, 9.17) is 18.9 Å². The topological polar surface area (TPSA) is 83.1 Å². The molecular weight excluding hydrogens is 398 g/mol. The van der Waals surface area contributed by atoms with Crippen LogP contribution in [0.4, 0.5) is 4.79 Å². The zero-order valence-electron chi connectivity index (χ0n) is 18.7. The molecule has 0 aromatic heterocycles.